The first-order valence-corrected chi connectivity index (χ1v) is 9.10. The zero-order chi connectivity index (χ0) is 19.3. The minimum absolute atomic E-state index is 0.0298. The van der Waals surface area contributed by atoms with E-state index in [9.17, 15) is 9.50 Å². The molecular weight excluding hydrogens is 363 g/mol. The van der Waals surface area contributed by atoms with Gasteiger partial charge in [0.15, 0.2) is 0 Å². The Labute approximate surface area is 159 Å². The van der Waals surface area contributed by atoms with Crippen molar-refractivity contribution in [1.82, 2.24) is 24.7 Å². The first kappa shape index (κ1) is 17.1. The third-order valence-electron chi connectivity index (χ3n) is 5.14. The lowest BCUT2D eigenvalue weighted by Gasteiger charge is -2.32. The monoisotopic (exact) mass is 382 g/mol. The summed E-state index contributed by atoms with van der Waals surface area (Å²) in [4.78, 5) is 11.3. The topological polar surface area (TPSA) is 92.1 Å². The summed E-state index contributed by atoms with van der Waals surface area (Å²) in [6.07, 6.45) is 3.26. The maximum absolute atomic E-state index is 13.8. The van der Waals surface area contributed by atoms with Crippen LogP contribution >= 0.6 is 0 Å². The van der Waals surface area contributed by atoms with Gasteiger partial charge in [-0.15, -0.1) is 0 Å². The highest BCUT2D eigenvalue weighted by atomic mass is 19.1. The Balaban J connectivity index is 1.61. The average molecular weight is 382 g/mol. The minimum Gasteiger partial charge on any atom is -0.394 e. The summed E-state index contributed by atoms with van der Waals surface area (Å²) in [6, 6.07) is 4.69. The lowest BCUT2D eigenvalue weighted by Crippen LogP contribution is -2.44. The van der Waals surface area contributed by atoms with Crippen LogP contribution in [0.1, 0.15) is 5.69 Å². The molecule has 0 spiro atoms. The molecule has 4 heterocycles. The van der Waals surface area contributed by atoms with Crippen LogP contribution in [0.2, 0.25) is 0 Å². The van der Waals surface area contributed by atoms with Crippen molar-refractivity contribution in [1.29, 1.82) is 0 Å². The number of anilines is 1. The van der Waals surface area contributed by atoms with Gasteiger partial charge in [0.25, 0.3) is 0 Å². The number of benzene rings is 1. The van der Waals surface area contributed by atoms with Gasteiger partial charge in [0, 0.05) is 18.5 Å². The molecule has 1 aliphatic rings. The standard InChI is InChI=1S/C19H19FN6O2/c1-11-16(7-21-19(23-11)25-4-5-28-13(9-25)10-27)26-15-3-2-12(20)6-14(15)18-17(26)8-22-24-18/h2-3,6-8,13,27H,4-5,9-10H2,1H3,(H,22,24). The predicted octanol–water partition coefficient (Wildman–Crippen LogP) is 1.94. The number of ether oxygens (including phenoxy) is 1. The highest BCUT2D eigenvalue weighted by Crippen LogP contribution is 2.32. The summed E-state index contributed by atoms with van der Waals surface area (Å²) in [7, 11) is 0. The summed E-state index contributed by atoms with van der Waals surface area (Å²) in [6.45, 7) is 3.64. The van der Waals surface area contributed by atoms with E-state index in [1.54, 1.807) is 18.5 Å². The number of fused-ring (bicyclic) bond motifs is 3. The van der Waals surface area contributed by atoms with Gasteiger partial charge in [-0.2, -0.15) is 5.10 Å². The van der Waals surface area contributed by atoms with E-state index in [1.165, 1.54) is 12.1 Å². The molecular formula is C19H19FN6O2. The van der Waals surface area contributed by atoms with Gasteiger partial charge in [0.1, 0.15) is 5.82 Å². The Bertz CT molecular complexity index is 1170. The van der Waals surface area contributed by atoms with E-state index in [2.05, 4.69) is 20.2 Å². The number of hydrogen-bond donors (Lipinski definition) is 2. The molecule has 3 aromatic heterocycles. The number of morpholine rings is 1. The lowest BCUT2D eigenvalue weighted by atomic mass is 10.2. The van der Waals surface area contributed by atoms with E-state index in [0.29, 0.717) is 25.6 Å². The van der Waals surface area contributed by atoms with E-state index >= 15 is 0 Å². The summed E-state index contributed by atoms with van der Waals surface area (Å²) >= 11 is 0. The van der Waals surface area contributed by atoms with E-state index in [0.717, 1.165) is 33.3 Å². The Morgan fingerprint density at radius 1 is 1.32 bits per heavy atom. The highest BCUT2D eigenvalue weighted by molar-refractivity contribution is 6.06. The Morgan fingerprint density at radius 2 is 2.21 bits per heavy atom. The number of nitrogens with zero attached hydrogens (tertiary/aromatic N) is 5. The van der Waals surface area contributed by atoms with Crippen molar-refractivity contribution >= 4 is 27.9 Å². The van der Waals surface area contributed by atoms with E-state index < -0.39 is 0 Å². The van der Waals surface area contributed by atoms with Crippen LogP contribution in [-0.2, 0) is 4.74 Å². The smallest absolute Gasteiger partial charge is 0.225 e. The van der Waals surface area contributed by atoms with Crippen molar-refractivity contribution in [3.63, 3.8) is 0 Å². The molecule has 1 aliphatic heterocycles. The third kappa shape index (κ3) is 2.62. The molecule has 2 N–H and O–H groups in total. The van der Waals surface area contributed by atoms with E-state index in [4.69, 9.17) is 4.74 Å². The summed E-state index contributed by atoms with van der Waals surface area (Å²) in [5.74, 6) is 0.309. The van der Waals surface area contributed by atoms with Crippen molar-refractivity contribution in [3.05, 3.63) is 42.1 Å². The third-order valence-corrected chi connectivity index (χ3v) is 5.14. The van der Waals surface area contributed by atoms with E-state index in [1.807, 2.05) is 16.4 Å². The Morgan fingerprint density at radius 3 is 3.04 bits per heavy atom. The van der Waals surface area contributed by atoms with Gasteiger partial charge in [-0.25, -0.2) is 14.4 Å². The number of halogens is 1. The maximum Gasteiger partial charge on any atom is 0.225 e. The number of aromatic amines is 1. The van der Waals surface area contributed by atoms with Crippen LogP contribution in [0.15, 0.2) is 30.6 Å². The van der Waals surface area contributed by atoms with Crippen LogP contribution in [0.25, 0.3) is 27.6 Å². The van der Waals surface area contributed by atoms with Crippen LogP contribution in [0.4, 0.5) is 10.3 Å². The second kappa shape index (κ2) is 6.54. The number of H-pyrrole nitrogens is 1. The van der Waals surface area contributed by atoms with Crippen molar-refractivity contribution in [2.45, 2.75) is 13.0 Å². The van der Waals surface area contributed by atoms with Gasteiger partial charge < -0.3 is 19.3 Å². The minimum atomic E-state index is -0.296. The molecule has 1 unspecified atom stereocenters. The first-order chi connectivity index (χ1) is 13.7. The quantitative estimate of drug-likeness (QED) is 0.563. The molecule has 4 aromatic rings. The molecule has 0 amide bonds. The van der Waals surface area contributed by atoms with Crippen LogP contribution in [0.5, 0.6) is 0 Å². The Kier molecular flexibility index (Phi) is 3.99. The SMILES string of the molecule is Cc1nc(N2CCOC(CO)C2)ncc1-n1c2ccc(F)cc2c2[nH]ncc21. The molecule has 28 heavy (non-hydrogen) atoms. The molecule has 0 radical (unpaired) electrons. The fourth-order valence-electron chi connectivity index (χ4n) is 3.77. The highest BCUT2D eigenvalue weighted by Gasteiger charge is 2.23. The van der Waals surface area contributed by atoms with Gasteiger partial charge in [-0.05, 0) is 25.1 Å². The molecule has 0 saturated carbocycles. The van der Waals surface area contributed by atoms with Crippen LogP contribution in [0, 0.1) is 12.7 Å². The summed E-state index contributed by atoms with van der Waals surface area (Å²) < 4.78 is 21.3. The van der Waals surface area contributed by atoms with Gasteiger partial charge in [-0.1, -0.05) is 0 Å². The molecule has 1 aromatic carbocycles. The van der Waals surface area contributed by atoms with Crippen LogP contribution in [-0.4, -0.2) is 62.2 Å². The molecule has 1 fully saturated rings. The zero-order valence-electron chi connectivity index (χ0n) is 15.3. The normalized spacial score (nSPS) is 17.7. The molecule has 1 saturated heterocycles. The summed E-state index contributed by atoms with van der Waals surface area (Å²) in [5.41, 5.74) is 4.07. The number of aryl methyl sites for hydroxylation is 1. The fraction of sp³-hybridized carbons (Fsp3) is 0.316. The zero-order valence-corrected chi connectivity index (χ0v) is 15.3. The van der Waals surface area contributed by atoms with Gasteiger partial charge >= 0.3 is 0 Å². The maximum atomic E-state index is 13.8. The largest absolute Gasteiger partial charge is 0.394 e. The van der Waals surface area contributed by atoms with Crippen molar-refractivity contribution in [2.24, 2.45) is 0 Å². The van der Waals surface area contributed by atoms with Crippen molar-refractivity contribution in [3.8, 4) is 5.69 Å². The van der Waals surface area contributed by atoms with Crippen molar-refractivity contribution in [2.75, 3.05) is 31.2 Å². The molecule has 0 bridgehead atoms. The summed E-state index contributed by atoms with van der Waals surface area (Å²) in [5, 5.41) is 17.2. The molecule has 1 atom stereocenters. The molecule has 0 aliphatic carbocycles. The Hall–Kier alpha value is -3.04. The van der Waals surface area contributed by atoms with Crippen molar-refractivity contribution < 1.29 is 14.2 Å². The second-order valence-corrected chi connectivity index (χ2v) is 6.89. The predicted molar refractivity (Wildman–Crippen MR) is 102 cm³/mol. The fourth-order valence-corrected chi connectivity index (χ4v) is 3.77. The number of aliphatic hydroxyl groups is 1. The second-order valence-electron chi connectivity index (χ2n) is 6.89. The molecule has 9 heteroatoms. The first-order valence-electron chi connectivity index (χ1n) is 9.10. The number of aliphatic hydroxyl groups excluding tert-OH is 1. The van der Waals surface area contributed by atoms with Gasteiger partial charge in [0.05, 0.1) is 59.6 Å². The molecule has 144 valence electrons. The van der Waals surface area contributed by atoms with Crippen LogP contribution < -0.4 is 4.90 Å². The van der Waals surface area contributed by atoms with E-state index in [-0.39, 0.29) is 18.5 Å². The average Bonchev–Trinajstić information content (AvgIpc) is 3.29. The number of hydrogen-bond acceptors (Lipinski definition) is 6. The van der Waals surface area contributed by atoms with Gasteiger partial charge in [0.2, 0.25) is 5.95 Å². The number of nitrogens with one attached hydrogen (secondary N) is 1. The number of aromatic nitrogens is 5. The molecule has 5 rings (SSSR count). The molecule has 8 nitrogen and oxygen atoms in total. The number of rotatable bonds is 3. The van der Waals surface area contributed by atoms with Crippen LogP contribution in [0.3, 0.4) is 0 Å². The lowest BCUT2D eigenvalue weighted by molar-refractivity contribution is 0.00313. The van der Waals surface area contributed by atoms with Gasteiger partial charge in [-0.3, -0.25) is 5.10 Å².